The minimum absolute atomic E-state index is 0.232. The van der Waals surface area contributed by atoms with Crippen molar-refractivity contribution in [2.24, 2.45) is 11.7 Å². The monoisotopic (exact) mass is 238 g/mol. The number of thiazole rings is 1. The van der Waals surface area contributed by atoms with Gasteiger partial charge in [0.2, 0.25) is 0 Å². The summed E-state index contributed by atoms with van der Waals surface area (Å²) in [5, 5.41) is 1.14. The van der Waals surface area contributed by atoms with Crippen LogP contribution >= 0.6 is 11.3 Å². The maximum atomic E-state index is 6.26. The molecule has 2 N–H and O–H groups in total. The molecule has 0 spiro atoms. The fraction of sp³-hybridized carbons (Fsp3) is 0.769. The molecule has 0 amide bonds. The van der Waals surface area contributed by atoms with E-state index in [9.17, 15) is 0 Å². The number of rotatable bonds is 3. The van der Waals surface area contributed by atoms with Crippen LogP contribution in [-0.2, 0) is 18.4 Å². The molecule has 3 heteroatoms. The van der Waals surface area contributed by atoms with Crippen molar-refractivity contribution in [2.45, 2.75) is 58.4 Å². The van der Waals surface area contributed by atoms with Gasteiger partial charge in [0.25, 0.3) is 0 Å². The average molecular weight is 238 g/mol. The van der Waals surface area contributed by atoms with Crippen LogP contribution < -0.4 is 5.73 Å². The molecule has 1 heterocycles. The predicted octanol–water partition coefficient (Wildman–Crippen LogP) is 3.24. The van der Waals surface area contributed by atoms with E-state index in [1.54, 1.807) is 0 Å². The van der Waals surface area contributed by atoms with Gasteiger partial charge in [0.1, 0.15) is 5.01 Å². The maximum Gasteiger partial charge on any atom is 0.113 e. The topological polar surface area (TPSA) is 38.9 Å². The molecule has 2 rings (SSSR count). The minimum Gasteiger partial charge on any atom is -0.320 e. The molecule has 0 bridgehead atoms. The van der Waals surface area contributed by atoms with Gasteiger partial charge >= 0.3 is 0 Å². The molecule has 2 nitrogen and oxygen atoms in total. The Morgan fingerprint density at radius 1 is 1.50 bits per heavy atom. The molecule has 16 heavy (non-hydrogen) atoms. The summed E-state index contributed by atoms with van der Waals surface area (Å²) < 4.78 is 0. The first-order chi connectivity index (χ1) is 7.56. The van der Waals surface area contributed by atoms with Gasteiger partial charge in [-0.15, -0.1) is 11.3 Å². The van der Waals surface area contributed by atoms with E-state index >= 15 is 0 Å². The van der Waals surface area contributed by atoms with Crippen molar-refractivity contribution in [3.8, 4) is 0 Å². The van der Waals surface area contributed by atoms with Crippen LogP contribution in [0.15, 0.2) is 0 Å². The van der Waals surface area contributed by atoms with Gasteiger partial charge in [0.05, 0.1) is 11.2 Å². The van der Waals surface area contributed by atoms with Crippen molar-refractivity contribution in [1.29, 1.82) is 0 Å². The number of nitrogens with two attached hydrogens (primary N) is 1. The molecule has 2 unspecified atom stereocenters. The van der Waals surface area contributed by atoms with E-state index in [0.717, 1.165) is 23.8 Å². The standard InChI is InChI=1S/C13H22N2S/c1-4-9-6-7-10-11(8-9)16-12(15-10)13(3,14)5-2/h9H,4-8,14H2,1-3H3. The van der Waals surface area contributed by atoms with Gasteiger partial charge in [-0.3, -0.25) is 0 Å². The van der Waals surface area contributed by atoms with Crippen LogP contribution in [0, 0.1) is 5.92 Å². The molecule has 0 saturated carbocycles. The molecule has 0 saturated heterocycles. The number of aromatic nitrogens is 1. The summed E-state index contributed by atoms with van der Waals surface area (Å²) in [7, 11) is 0. The lowest BCUT2D eigenvalue weighted by atomic mass is 9.89. The summed E-state index contributed by atoms with van der Waals surface area (Å²) in [6.07, 6.45) is 5.93. The summed E-state index contributed by atoms with van der Waals surface area (Å²) in [6.45, 7) is 6.51. The molecule has 0 fully saturated rings. The fourth-order valence-corrected chi connectivity index (χ4v) is 3.54. The highest BCUT2D eigenvalue weighted by atomic mass is 32.1. The fourth-order valence-electron chi connectivity index (χ4n) is 2.19. The van der Waals surface area contributed by atoms with Crippen LogP contribution in [0.1, 0.15) is 55.6 Å². The normalized spacial score (nSPS) is 23.9. The smallest absolute Gasteiger partial charge is 0.113 e. The first kappa shape index (κ1) is 12.1. The number of hydrogen-bond acceptors (Lipinski definition) is 3. The van der Waals surface area contributed by atoms with E-state index in [2.05, 4.69) is 20.8 Å². The molecule has 0 aromatic carbocycles. The summed E-state index contributed by atoms with van der Waals surface area (Å²) in [5.41, 5.74) is 7.36. The third-order valence-electron chi connectivity index (χ3n) is 3.84. The first-order valence-electron chi connectivity index (χ1n) is 6.34. The van der Waals surface area contributed by atoms with E-state index in [-0.39, 0.29) is 5.54 Å². The third-order valence-corrected chi connectivity index (χ3v) is 5.24. The molecule has 1 aliphatic carbocycles. The Morgan fingerprint density at radius 2 is 2.25 bits per heavy atom. The number of aryl methyl sites for hydroxylation is 1. The molecular formula is C13H22N2S. The zero-order valence-electron chi connectivity index (χ0n) is 10.5. The zero-order valence-corrected chi connectivity index (χ0v) is 11.4. The average Bonchev–Trinajstić information content (AvgIpc) is 2.72. The second kappa shape index (κ2) is 4.46. The highest BCUT2D eigenvalue weighted by molar-refractivity contribution is 7.11. The van der Waals surface area contributed by atoms with Gasteiger partial charge in [-0.1, -0.05) is 20.3 Å². The number of hydrogen-bond donors (Lipinski definition) is 1. The Hall–Kier alpha value is -0.410. The molecule has 0 radical (unpaired) electrons. The highest BCUT2D eigenvalue weighted by Gasteiger charge is 2.27. The number of fused-ring (bicyclic) bond motifs is 1. The van der Waals surface area contributed by atoms with Gasteiger partial charge in [0.15, 0.2) is 0 Å². The van der Waals surface area contributed by atoms with Crippen molar-refractivity contribution in [3.63, 3.8) is 0 Å². The highest BCUT2D eigenvalue weighted by Crippen LogP contribution is 2.35. The van der Waals surface area contributed by atoms with Crippen LogP contribution in [0.25, 0.3) is 0 Å². The second-order valence-electron chi connectivity index (χ2n) is 5.18. The van der Waals surface area contributed by atoms with E-state index < -0.39 is 0 Å². The van der Waals surface area contributed by atoms with Crippen LogP contribution in [-0.4, -0.2) is 4.98 Å². The van der Waals surface area contributed by atoms with E-state index in [1.165, 1.54) is 29.8 Å². The van der Waals surface area contributed by atoms with Gasteiger partial charge in [-0.2, -0.15) is 0 Å². The quantitative estimate of drug-likeness (QED) is 0.878. The maximum absolute atomic E-state index is 6.26. The van der Waals surface area contributed by atoms with Crippen LogP contribution in [0.3, 0.4) is 0 Å². The van der Waals surface area contributed by atoms with Crippen molar-refractivity contribution < 1.29 is 0 Å². The Morgan fingerprint density at radius 3 is 2.88 bits per heavy atom. The lowest BCUT2D eigenvalue weighted by molar-refractivity contribution is 0.442. The minimum atomic E-state index is -0.232. The van der Waals surface area contributed by atoms with Gasteiger partial charge in [-0.05, 0) is 38.5 Å². The van der Waals surface area contributed by atoms with Crippen molar-refractivity contribution in [2.75, 3.05) is 0 Å². The van der Waals surface area contributed by atoms with Gasteiger partial charge < -0.3 is 5.73 Å². The first-order valence-corrected chi connectivity index (χ1v) is 7.16. The number of nitrogens with zero attached hydrogens (tertiary/aromatic N) is 1. The van der Waals surface area contributed by atoms with E-state index in [0.29, 0.717) is 0 Å². The van der Waals surface area contributed by atoms with Gasteiger partial charge in [0, 0.05) is 4.88 Å². The lowest BCUT2D eigenvalue weighted by Crippen LogP contribution is -2.31. The molecule has 2 atom stereocenters. The Balaban J connectivity index is 2.25. The van der Waals surface area contributed by atoms with Crippen molar-refractivity contribution in [3.05, 3.63) is 15.6 Å². The second-order valence-corrected chi connectivity index (χ2v) is 6.26. The van der Waals surface area contributed by atoms with Crippen LogP contribution in [0.5, 0.6) is 0 Å². The van der Waals surface area contributed by atoms with E-state index in [4.69, 9.17) is 10.7 Å². The molecule has 1 aromatic heterocycles. The largest absolute Gasteiger partial charge is 0.320 e. The SMILES string of the molecule is CCC1CCc2nc(C(C)(N)CC)sc2C1. The van der Waals surface area contributed by atoms with Crippen molar-refractivity contribution in [1.82, 2.24) is 4.98 Å². The summed E-state index contributed by atoms with van der Waals surface area (Å²) in [6, 6.07) is 0. The Labute approximate surface area is 102 Å². The summed E-state index contributed by atoms with van der Waals surface area (Å²) in [4.78, 5) is 6.25. The molecular weight excluding hydrogens is 216 g/mol. The van der Waals surface area contributed by atoms with Crippen LogP contribution in [0.2, 0.25) is 0 Å². The predicted molar refractivity (Wildman–Crippen MR) is 69.8 cm³/mol. The summed E-state index contributed by atoms with van der Waals surface area (Å²) in [5.74, 6) is 0.867. The van der Waals surface area contributed by atoms with E-state index in [1.807, 2.05) is 11.3 Å². The molecule has 1 aromatic rings. The Bertz CT molecular complexity index is 368. The lowest BCUT2D eigenvalue weighted by Gasteiger charge is -2.18. The van der Waals surface area contributed by atoms with Crippen molar-refractivity contribution >= 4 is 11.3 Å². The molecule has 0 aliphatic heterocycles. The summed E-state index contributed by atoms with van der Waals surface area (Å²) >= 11 is 1.85. The Kier molecular flexibility index (Phi) is 3.36. The van der Waals surface area contributed by atoms with Crippen LogP contribution in [0.4, 0.5) is 0 Å². The molecule has 90 valence electrons. The third kappa shape index (κ3) is 2.16. The zero-order chi connectivity index (χ0) is 11.8. The molecule has 1 aliphatic rings. The van der Waals surface area contributed by atoms with Gasteiger partial charge in [-0.25, -0.2) is 4.98 Å².